The molecule has 1 aliphatic rings. The molecule has 2 aromatic heterocycles. The zero-order valence-electron chi connectivity index (χ0n) is 12.0. The second-order valence-corrected chi connectivity index (χ2v) is 6.22. The molecule has 21 heavy (non-hydrogen) atoms. The van der Waals surface area contributed by atoms with Gasteiger partial charge < -0.3 is 9.88 Å². The molecular weight excluding hydrogens is 284 g/mol. The summed E-state index contributed by atoms with van der Waals surface area (Å²) in [4.78, 5) is 25.4. The molecule has 0 fully saturated rings. The van der Waals surface area contributed by atoms with Crippen LogP contribution in [0.3, 0.4) is 0 Å². The predicted octanol–water partition coefficient (Wildman–Crippen LogP) is 3.06. The van der Waals surface area contributed by atoms with E-state index in [-0.39, 0.29) is 11.5 Å². The topological polar surface area (TPSA) is 51.1 Å². The third-order valence-electron chi connectivity index (χ3n) is 3.89. The van der Waals surface area contributed by atoms with Crippen LogP contribution in [0.5, 0.6) is 0 Å². The van der Waals surface area contributed by atoms with Gasteiger partial charge in [-0.3, -0.25) is 9.59 Å². The maximum Gasteiger partial charge on any atom is 0.256 e. The zero-order valence-corrected chi connectivity index (χ0v) is 12.8. The van der Waals surface area contributed by atoms with Crippen molar-refractivity contribution in [1.29, 1.82) is 0 Å². The Morgan fingerprint density at radius 2 is 2.14 bits per heavy atom. The molecule has 1 N–H and O–H groups in total. The molecule has 2 aromatic rings. The highest BCUT2D eigenvalue weighted by Crippen LogP contribution is 2.30. The number of aryl methyl sites for hydroxylation is 2. The average molecular weight is 302 g/mol. The maximum atomic E-state index is 12.4. The number of aromatic nitrogens is 1. The molecule has 0 unspecified atom stereocenters. The van der Waals surface area contributed by atoms with Gasteiger partial charge in [0.2, 0.25) is 0 Å². The fourth-order valence-corrected chi connectivity index (χ4v) is 3.86. The number of nitrogens with zero attached hydrogens (tertiary/aromatic N) is 1. The minimum atomic E-state index is -0.0734. The first-order valence-corrected chi connectivity index (χ1v) is 8.18. The van der Waals surface area contributed by atoms with E-state index in [1.165, 1.54) is 22.9 Å². The van der Waals surface area contributed by atoms with E-state index in [0.29, 0.717) is 12.2 Å². The Morgan fingerprint density at radius 1 is 1.33 bits per heavy atom. The molecule has 0 spiro atoms. The normalized spacial score (nSPS) is 13.8. The highest BCUT2D eigenvalue weighted by molar-refractivity contribution is 7.10. The molecule has 0 saturated carbocycles. The number of rotatable bonds is 3. The lowest BCUT2D eigenvalue weighted by molar-refractivity contribution is 0.102. The van der Waals surface area contributed by atoms with Gasteiger partial charge in [-0.15, -0.1) is 11.3 Å². The zero-order chi connectivity index (χ0) is 14.8. The van der Waals surface area contributed by atoms with Crippen molar-refractivity contribution in [3.63, 3.8) is 0 Å². The molecule has 0 aliphatic heterocycles. The molecule has 0 bridgehead atoms. The monoisotopic (exact) mass is 302 g/mol. The number of anilines is 1. The van der Waals surface area contributed by atoms with E-state index < -0.39 is 0 Å². The summed E-state index contributed by atoms with van der Waals surface area (Å²) in [7, 11) is 0. The van der Waals surface area contributed by atoms with Crippen molar-refractivity contribution < 1.29 is 4.79 Å². The van der Waals surface area contributed by atoms with E-state index in [1.54, 1.807) is 28.2 Å². The fraction of sp³-hybridized carbons (Fsp3) is 0.375. The van der Waals surface area contributed by atoms with Gasteiger partial charge >= 0.3 is 0 Å². The van der Waals surface area contributed by atoms with Crippen LogP contribution in [0.4, 0.5) is 5.69 Å². The van der Waals surface area contributed by atoms with Crippen molar-refractivity contribution in [3.8, 4) is 0 Å². The highest BCUT2D eigenvalue weighted by Gasteiger charge is 2.20. The minimum Gasteiger partial charge on any atom is -0.321 e. The van der Waals surface area contributed by atoms with E-state index in [1.807, 2.05) is 12.3 Å². The van der Waals surface area contributed by atoms with Crippen LogP contribution >= 0.6 is 11.3 Å². The van der Waals surface area contributed by atoms with Gasteiger partial charge in [0.15, 0.2) is 0 Å². The molecule has 0 radical (unpaired) electrons. The molecule has 5 heteroatoms. The van der Waals surface area contributed by atoms with E-state index in [0.717, 1.165) is 24.8 Å². The van der Waals surface area contributed by atoms with Crippen molar-refractivity contribution >= 4 is 22.9 Å². The Bertz CT molecular complexity index is 730. The number of hydrogen-bond donors (Lipinski definition) is 1. The summed E-state index contributed by atoms with van der Waals surface area (Å²) in [6.07, 6.45) is 6.16. The fourth-order valence-electron chi connectivity index (χ4n) is 2.74. The number of nitrogens with one attached hydrogen (secondary N) is 1. The summed E-state index contributed by atoms with van der Waals surface area (Å²) >= 11 is 1.68. The summed E-state index contributed by atoms with van der Waals surface area (Å²) in [6, 6.07) is 3.15. The second-order valence-electron chi connectivity index (χ2n) is 5.25. The largest absolute Gasteiger partial charge is 0.321 e. The van der Waals surface area contributed by atoms with Crippen molar-refractivity contribution in [1.82, 2.24) is 4.57 Å². The Hall–Kier alpha value is -1.88. The SMILES string of the molecule is CCn1cc(NC(=O)c2csc3c2CCCC3)ccc1=O. The molecule has 4 nitrogen and oxygen atoms in total. The molecular formula is C16H18N2O2S. The van der Waals surface area contributed by atoms with Crippen LogP contribution in [0.15, 0.2) is 28.5 Å². The summed E-state index contributed by atoms with van der Waals surface area (Å²) in [5.74, 6) is -0.0734. The van der Waals surface area contributed by atoms with E-state index in [9.17, 15) is 9.59 Å². The molecule has 2 heterocycles. The van der Waals surface area contributed by atoms with Crippen LogP contribution in [0.1, 0.15) is 40.6 Å². The Labute approximate surface area is 127 Å². The Morgan fingerprint density at radius 3 is 2.95 bits per heavy atom. The molecule has 0 atom stereocenters. The molecule has 1 amide bonds. The van der Waals surface area contributed by atoms with Gasteiger partial charge in [-0.2, -0.15) is 0 Å². The molecule has 110 valence electrons. The Balaban J connectivity index is 1.83. The van der Waals surface area contributed by atoms with Crippen LogP contribution in [0, 0.1) is 0 Å². The lowest BCUT2D eigenvalue weighted by Gasteiger charge is -2.13. The van der Waals surface area contributed by atoms with Crippen molar-refractivity contribution in [2.75, 3.05) is 5.32 Å². The summed E-state index contributed by atoms with van der Waals surface area (Å²) in [5.41, 5.74) is 2.62. The second kappa shape index (κ2) is 5.85. The average Bonchev–Trinajstić information content (AvgIpc) is 2.93. The molecule has 0 saturated heterocycles. The third-order valence-corrected chi connectivity index (χ3v) is 4.98. The number of amides is 1. The number of carbonyl (C=O) groups excluding carboxylic acids is 1. The van der Waals surface area contributed by atoms with Gasteiger partial charge in [-0.25, -0.2) is 0 Å². The van der Waals surface area contributed by atoms with Crippen LogP contribution in [-0.4, -0.2) is 10.5 Å². The van der Waals surface area contributed by atoms with Crippen LogP contribution in [0.2, 0.25) is 0 Å². The van der Waals surface area contributed by atoms with E-state index in [4.69, 9.17) is 0 Å². The summed E-state index contributed by atoms with van der Waals surface area (Å²) < 4.78 is 1.58. The van der Waals surface area contributed by atoms with Crippen LogP contribution in [0.25, 0.3) is 0 Å². The first kappa shape index (κ1) is 14.1. The molecule has 3 rings (SSSR count). The predicted molar refractivity (Wildman–Crippen MR) is 85.3 cm³/mol. The quantitative estimate of drug-likeness (QED) is 0.947. The van der Waals surface area contributed by atoms with Gasteiger partial charge in [0.25, 0.3) is 11.5 Å². The number of fused-ring (bicyclic) bond motifs is 1. The van der Waals surface area contributed by atoms with E-state index >= 15 is 0 Å². The molecule has 1 aliphatic carbocycles. The minimum absolute atomic E-state index is 0.0524. The van der Waals surface area contributed by atoms with Gasteiger partial charge in [0, 0.05) is 29.1 Å². The standard InChI is InChI=1S/C16H18N2O2S/c1-2-18-9-11(7-8-15(18)19)17-16(20)13-10-21-14-6-4-3-5-12(13)14/h7-10H,2-6H2,1H3,(H,17,20). The van der Waals surface area contributed by atoms with Gasteiger partial charge in [0.05, 0.1) is 11.3 Å². The van der Waals surface area contributed by atoms with Crippen LogP contribution in [-0.2, 0) is 19.4 Å². The first-order valence-electron chi connectivity index (χ1n) is 7.30. The number of carbonyl (C=O) groups is 1. The summed E-state index contributed by atoms with van der Waals surface area (Å²) in [6.45, 7) is 2.50. The lowest BCUT2D eigenvalue weighted by atomic mass is 9.95. The van der Waals surface area contributed by atoms with E-state index in [2.05, 4.69) is 5.32 Å². The van der Waals surface area contributed by atoms with Crippen molar-refractivity contribution in [3.05, 3.63) is 50.1 Å². The molecule has 0 aromatic carbocycles. The van der Waals surface area contributed by atoms with Crippen molar-refractivity contribution in [2.45, 2.75) is 39.2 Å². The van der Waals surface area contributed by atoms with Gasteiger partial charge in [-0.05, 0) is 44.2 Å². The maximum absolute atomic E-state index is 12.4. The number of hydrogen-bond acceptors (Lipinski definition) is 3. The third kappa shape index (κ3) is 2.78. The highest BCUT2D eigenvalue weighted by atomic mass is 32.1. The Kier molecular flexibility index (Phi) is 3.92. The van der Waals surface area contributed by atoms with Gasteiger partial charge in [-0.1, -0.05) is 0 Å². The smallest absolute Gasteiger partial charge is 0.256 e. The summed E-state index contributed by atoms with van der Waals surface area (Å²) in [5, 5.41) is 4.86. The number of thiophene rings is 1. The first-order chi connectivity index (χ1) is 10.2. The number of pyridine rings is 1. The van der Waals surface area contributed by atoms with Crippen LogP contribution < -0.4 is 10.9 Å². The lowest BCUT2D eigenvalue weighted by Crippen LogP contribution is -2.20. The van der Waals surface area contributed by atoms with Gasteiger partial charge in [0.1, 0.15) is 0 Å². The van der Waals surface area contributed by atoms with Crippen molar-refractivity contribution in [2.24, 2.45) is 0 Å².